The van der Waals surface area contributed by atoms with Gasteiger partial charge in [0.05, 0.1) is 25.7 Å². The summed E-state index contributed by atoms with van der Waals surface area (Å²) in [6.07, 6.45) is 0.225. The smallest absolute Gasteiger partial charge is 0.309 e. The van der Waals surface area contributed by atoms with Crippen molar-refractivity contribution in [2.45, 2.75) is 32.8 Å². The Labute approximate surface area is 125 Å². The molecule has 0 saturated carbocycles. The first-order valence-electron chi connectivity index (χ1n) is 6.89. The van der Waals surface area contributed by atoms with Crippen molar-refractivity contribution >= 4 is 5.97 Å². The van der Waals surface area contributed by atoms with Gasteiger partial charge in [0.2, 0.25) is 0 Å². The fourth-order valence-electron chi connectivity index (χ4n) is 2.78. The second-order valence-corrected chi connectivity index (χ2v) is 5.78. The van der Waals surface area contributed by atoms with Gasteiger partial charge in [0.15, 0.2) is 11.5 Å². The molecular weight excluding hydrogens is 272 g/mol. The van der Waals surface area contributed by atoms with Gasteiger partial charge in [-0.05, 0) is 30.5 Å². The quantitative estimate of drug-likeness (QED) is 0.808. The molecule has 0 aliphatic carbocycles. The van der Waals surface area contributed by atoms with Gasteiger partial charge < -0.3 is 19.7 Å². The number of carboxylic acids is 1. The van der Waals surface area contributed by atoms with E-state index in [0.29, 0.717) is 11.5 Å². The van der Waals surface area contributed by atoms with Crippen LogP contribution in [0.1, 0.15) is 26.3 Å². The van der Waals surface area contributed by atoms with Crippen molar-refractivity contribution in [3.8, 4) is 11.5 Å². The molecule has 21 heavy (non-hydrogen) atoms. The highest BCUT2D eigenvalue weighted by molar-refractivity contribution is 5.72. The lowest BCUT2D eigenvalue weighted by atomic mass is 9.77. The molecule has 0 heterocycles. The molecule has 0 aromatic heterocycles. The molecule has 1 rings (SSSR count). The van der Waals surface area contributed by atoms with Crippen LogP contribution in [0.3, 0.4) is 0 Å². The molecule has 0 aliphatic rings. The molecule has 0 amide bonds. The third-order valence-electron chi connectivity index (χ3n) is 3.61. The minimum Gasteiger partial charge on any atom is -0.493 e. The molecule has 2 unspecified atom stereocenters. The van der Waals surface area contributed by atoms with Crippen molar-refractivity contribution in [1.82, 2.24) is 0 Å². The summed E-state index contributed by atoms with van der Waals surface area (Å²) < 4.78 is 10.4. The van der Waals surface area contributed by atoms with E-state index in [-0.39, 0.29) is 12.3 Å². The predicted molar refractivity (Wildman–Crippen MR) is 79.8 cm³/mol. The van der Waals surface area contributed by atoms with Crippen molar-refractivity contribution in [2.75, 3.05) is 14.2 Å². The lowest BCUT2D eigenvalue weighted by Gasteiger charge is -2.33. The number of carbonyl (C=O) groups is 1. The van der Waals surface area contributed by atoms with Gasteiger partial charge in [-0.3, -0.25) is 4.79 Å². The second-order valence-electron chi connectivity index (χ2n) is 5.78. The van der Waals surface area contributed by atoms with Crippen molar-refractivity contribution in [3.05, 3.63) is 23.8 Å². The number of hydrogen-bond acceptors (Lipinski definition) is 4. The number of benzene rings is 1. The number of aliphatic hydroxyl groups is 1. The molecule has 5 nitrogen and oxygen atoms in total. The van der Waals surface area contributed by atoms with E-state index in [1.165, 1.54) is 7.11 Å². The van der Waals surface area contributed by atoms with E-state index in [1.54, 1.807) is 46.1 Å². The predicted octanol–water partition coefficient (Wildman–Crippen LogP) is 2.35. The van der Waals surface area contributed by atoms with E-state index in [9.17, 15) is 15.0 Å². The van der Waals surface area contributed by atoms with Crippen LogP contribution in [0, 0.1) is 11.8 Å². The van der Waals surface area contributed by atoms with E-state index in [4.69, 9.17) is 9.47 Å². The highest BCUT2D eigenvalue weighted by atomic mass is 16.5. The third-order valence-corrected chi connectivity index (χ3v) is 3.61. The van der Waals surface area contributed by atoms with Crippen LogP contribution < -0.4 is 9.47 Å². The van der Waals surface area contributed by atoms with E-state index in [1.807, 2.05) is 0 Å². The fraction of sp³-hybridized carbons (Fsp3) is 0.562. The van der Waals surface area contributed by atoms with E-state index in [0.717, 1.165) is 5.56 Å². The summed E-state index contributed by atoms with van der Waals surface area (Å²) in [5.41, 5.74) is -0.552. The van der Waals surface area contributed by atoms with E-state index < -0.39 is 17.5 Å². The molecule has 0 radical (unpaired) electrons. The van der Waals surface area contributed by atoms with Crippen molar-refractivity contribution in [2.24, 2.45) is 11.8 Å². The topological polar surface area (TPSA) is 76.0 Å². The summed E-state index contributed by atoms with van der Waals surface area (Å²) in [6.45, 7) is 5.15. The molecule has 1 aromatic rings. The number of ether oxygens (including phenoxy) is 2. The van der Waals surface area contributed by atoms with Gasteiger partial charge in [-0.2, -0.15) is 0 Å². The highest BCUT2D eigenvalue weighted by Gasteiger charge is 2.39. The van der Waals surface area contributed by atoms with Gasteiger partial charge in [0.1, 0.15) is 0 Å². The van der Waals surface area contributed by atoms with Crippen LogP contribution in [0.15, 0.2) is 18.2 Å². The Kier molecular flexibility index (Phi) is 5.61. The largest absolute Gasteiger partial charge is 0.493 e. The maximum Gasteiger partial charge on any atom is 0.309 e. The zero-order valence-electron chi connectivity index (χ0n) is 13.2. The Morgan fingerprint density at radius 1 is 1.24 bits per heavy atom. The van der Waals surface area contributed by atoms with Gasteiger partial charge in [-0.1, -0.05) is 19.9 Å². The lowest BCUT2D eigenvalue weighted by Crippen LogP contribution is -2.44. The molecular formula is C16H24O5. The van der Waals surface area contributed by atoms with Crippen LogP contribution >= 0.6 is 0 Å². The van der Waals surface area contributed by atoms with Crippen molar-refractivity contribution < 1.29 is 24.5 Å². The van der Waals surface area contributed by atoms with Crippen molar-refractivity contribution in [1.29, 1.82) is 0 Å². The molecule has 118 valence electrons. The van der Waals surface area contributed by atoms with Crippen LogP contribution in [0.2, 0.25) is 0 Å². The van der Waals surface area contributed by atoms with Gasteiger partial charge in [-0.15, -0.1) is 0 Å². The van der Waals surface area contributed by atoms with Gasteiger partial charge >= 0.3 is 5.97 Å². The van der Waals surface area contributed by atoms with Crippen LogP contribution in [0.4, 0.5) is 0 Å². The number of carboxylic acid groups (broad SMARTS) is 1. The Bertz CT molecular complexity index is 493. The Balaban J connectivity index is 3.05. The minimum atomic E-state index is -1.35. The third kappa shape index (κ3) is 4.11. The Morgan fingerprint density at radius 2 is 1.81 bits per heavy atom. The molecule has 2 atom stereocenters. The second kappa shape index (κ2) is 6.80. The normalized spacial score (nSPS) is 15.4. The summed E-state index contributed by atoms with van der Waals surface area (Å²) >= 11 is 0. The number of rotatable bonds is 7. The zero-order chi connectivity index (χ0) is 16.2. The minimum absolute atomic E-state index is 0.169. The zero-order valence-corrected chi connectivity index (χ0v) is 13.2. The molecule has 0 fully saturated rings. The average Bonchev–Trinajstić information content (AvgIpc) is 2.36. The standard InChI is InChI=1S/C16H24O5/c1-10(2)14(15(17)18)16(3,19)9-11-6-7-12(20-4)13(8-11)21-5/h6-8,10,14,19H,9H2,1-5H3,(H,17,18). The van der Waals surface area contributed by atoms with Crippen LogP contribution in [-0.2, 0) is 11.2 Å². The summed E-state index contributed by atoms with van der Waals surface area (Å²) in [7, 11) is 3.08. The Hall–Kier alpha value is -1.75. The van der Waals surface area contributed by atoms with Crippen LogP contribution in [0.25, 0.3) is 0 Å². The van der Waals surface area contributed by atoms with Gasteiger partial charge in [0.25, 0.3) is 0 Å². The van der Waals surface area contributed by atoms with Crippen molar-refractivity contribution in [3.63, 3.8) is 0 Å². The fourth-order valence-corrected chi connectivity index (χ4v) is 2.78. The molecule has 0 saturated heterocycles. The SMILES string of the molecule is COc1ccc(CC(C)(O)C(C(=O)O)C(C)C)cc1OC. The number of hydrogen-bond donors (Lipinski definition) is 2. The van der Waals surface area contributed by atoms with E-state index in [2.05, 4.69) is 0 Å². The first-order valence-corrected chi connectivity index (χ1v) is 6.89. The van der Waals surface area contributed by atoms with E-state index >= 15 is 0 Å². The number of aliphatic carboxylic acids is 1. The average molecular weight is 296 g/mol. The first kappa shape index (κ1) is 17.3. The molecule has 0 bridgehead atoms. The van der Waals surface area contributed by atoms with Gasteiger partial charge in [0, 0.05) is 6.42 Å². The summed E-state index contributed by atoms with van der Waals surface area (Å²) in [5, 5.41) is 19.9. The van der Waals surface area contributed by atoms with Crippen LogP contribution in [0.5, 0.6) is 11.5 Å². The highest BCUT2D eigenvalue weighted by Crippen LogP contribution is 2.32. The van der Waals surface area contributed by atoms with Crippen LogP contribution in [-0.4, -0.2) is 36.0 Å². The summed E-state index contributed by atoms with van der Waals surface area (Å²) in [4.78, 5) is 11.4. The molecule has 0 aliphatic heterocycles. The maximum absolute atomic E-state index is 11.4. The lowest BCUT2D eigenvalue weighted by molar-refractivity contribution is -0.154. The Morgan fingerprint density at radius 3 is 2.24 bits per heavy atom. The monoisotopic (exact) mass is 296 g/mol. The first-order chi connectivity index (χ1) is 9.72. The molecule has 2 N–H and O–H groups in total. The summed E-state index contributed by atoms with van der Waals surface area (Å²) in [6, 6.07) is 5.30. The van der Waals surface area contributed by atoms with Gasteiger partial charge in [-0.25, -0.2) is 0 Å². The molecule has 1 aromatic carbocycles. The maximum atomic E-state index is 11.4. The molecule has 5 heteroatoms. The summed E-state index contributed by atoms with van der Waals surface area (Å²) in [5.74, 6) is -0.847. The number of methoxy groups -OCH3 is 2. The molecule has 0 spiro atoms.